The summed E-state index contributed by atoms with van der Waals surface area (Å²) in [6.45, 7) is 2.03. The van der Waals surface area contributed by atoms with E-state index in [9.17, 15) is 9.59 Å². The average Bonchev–Trinajstić information content (AvgIpc) is 2.17. The van der Waals surface area contributed by atoms with E-state index in [1.54, 1.807) is 19.0 Å². The van der Waals surface area contributed by atoms with Crippen molar-refractivity contribution in [3.8, 4) is 0 Å². The second kappa shape index (κ2) is 2.53. The van der Waals surface area contributed by atoms with E-state index in [4.69, 9.17) is 0 Å². The summed E-state index contributed by atoms with van der Waals surface area (Å²) < 4.78 is 0. The van der Waals surface area contributed by atoms with Gasteiger partial charge in [-0.05, 0) is 6.92 Å². The molecule has 1 aliphatic rings. The van der Waals surface area contributed by atoms with Crippen molar-refractivity contribution in [2.24, 2.45) is 0 Å². The fourth-order valence-corrected chi connectivity index (χ4v) is 1.26. The standard InChI is InChI=1S/C7H12N2O2/c1-5(10)6-4-8(2)7(11)9(6)3/h6H,4H2,1-3H3/t6-/m0/s1. The molecular weight excluding hydrogens is 144 g/mol. The van der Waals surface area contributed by atoms with E-state index in [1.165, 1.54) is 11.8 Å². The molecule has 0 unspecified atom stereocenters. The first-order valence-corrected chi connectivity index (χ1v) is 3.52. The highest BCUT2D eigenvalue weighted by atomic mass is 16.2. The van der Waals surface area contributed by atoms with Gasteiger partial charge < -0.3 is 9.80 Å². The molecule has 4 nitrogen and oxygen atoms in total. The summed E-state index contributed by atoms with van der Waals surface area (Å²) >= 11 is 0. The molecule has 1 heterocycles. The molecule has 1 rings (SSSR count). The van der Waals surface area contributed by atoms with Crippen molar-refractivity contribution in [1.82, 2.24) is 9.80 Å². The Morgan fingerprint density at radius 3 is 2.27 bits per heavy atom. The summed E-state index contributed by atoms with van der Waals surface area (Å²) in [5, 5.41) is 0. The zero-order chi connectivity index (χ0) is 8.59. The van der Waals surface area contributed by atoms with Crippen LogP contribution in [0.3, 0.4) is 0 Å². The molecule has 0 aliphatic carbocycles. The fourth-order valence-electron chi connectivity index (χ4n) is 1.26. The number of carbonyl (C=O) groups excluding carboxylic acids is 2. The second-order valence-corrected chi connectivity index (χ2v) is 2.90. The lowest BCUT2D eigenvalue weighted by molar-refractivity contribution is -0.120. The van der Waals surface area contributed by atoms with Gasteiger partial charge in [0.2, 0.25) is 0 Å². The van der Waals surface area contributed by atoms with Crippen LogP contribution in [0.1, 0.15) is 6.92 Å². The minimum atomic E-state index is -0.243. The SMILES string of the molecule is CC(=O)[C@@H]1CN(C)C(=O)N1C. The normalized spacial score (nSPS) is 24.6. The fraction of sp³-hybridized carbons (Fsp3) is 0.714. The molecule has 2 amide bonds. The first kappa shape index (κ1) is 8.04. The predicted molar refractivity (Wildman–Crippen MR) is 40.3 cm³/mol. The van der Waals surface area contributed by atoms with E-state index in [2.05, 4.69) is 0 Å². The molecule has 0 radical (unpaired) electrons. The number of ketones is 1. The molecule has 1 saturated heterocycles. The molecule has 1 aliphatic heterocycles. The molecule has 0 aromatic rings. The van der Waals surface area contributed by atoms with Crippen molar-refractivity contribution in [1.29, 1.82) is 0 Å². The van der Waals surface area contributed by atoms with Crippen molar-refractivity contribution in [3.05, 3.63) is 0 Å². The zero-order valence-corrected chi connectivity index (χ0v) is 7.00. The van der Waals surface area contributed by atoms with Gasteiger partial charge >= 0.3 is 6.03 Å². The van der Waals surface area contributed by atoms with Crippen LogP contribution in [0.4, 0.5) is 4.79 Å². The molecule has 0 bridgehead atoms. The maximum Gasteiger partial charge on any atom is 0.320 e. The number of carbonyl (C=O) groups is 2. The number of rotatable bonds is 1. The largest absolute Gasteiger partial charge is 0.325 e. The Morgan fingerprint density at radius 1 is 1.55 bits per heavy atom. The molecule has 1 atom stereocenters. The van der Waals surface area contributed by atoms with Crippen LogP contribution in [0.2, 0.25) is 0 Å². The zero-order valence-electron chi connectivity index (χ0n) is 7.00. The molecule has 0 spiro atoms. The summed E-state index contributed by atoms with van der Waals surface area (Å²) in [6.07, 6.45) is 0. The van der Waals surface area contributed by atoms with Crippen molar-refractivity contribution in [2.75, 3.05) is 20.6 Å². The number of Topliss-reactive ketones (excluding diaryl/α,β-unsaturated/α-hetero) is 1. The number of nitrogens with zero attached hydrogens (tertiary/aromatic N) is 2. The minimum Gasteiger partial charge on any atom is -0.325 e. The van der Waals surface area contributed by atoms with Gasteiger partial charge in [0, 0.05) is 20.6 Å². The van der Waals surface area contributed by atoms with Crippen LogP contribution in [-0.4, -0.2) is 48.3 Å². The third kappa shape index (κ3) is 1.20. The molecule has 0 N–H and O–H groups in total. The lowest BCUT2D eigenvalue weighted by atomic mass is 10.2. The Balaban J connectivity index is 2.75. The van der Waals surface area contributed by atoms with Gasteiger partial charge in [-0.1, -0.05) is 0 Å². The van der Waals surface area contributed by atoms with Gasteiger partial charge in [0.1, 0.15) is 6.04 Å². The molecule has 1 fully saturated rings. The van der Waals surface area contributed by atoms with Gasteiger partial charge in [-0.3, -0.25) is 4.79 Å². The van der Waals surface area contributed by atoms with Gasteiger partial charge in [0.25, 0.3) is 0 Å². The van der Waals surface area contributed by atoms with E-state index in [0.29, 0.717) is 6.54 Å². The van der Waals surface area contributed by atoms with Crippen molar-refractivity contribution >= 4 is 11.8 Å². The summed E-state index contributed by atoms with van der Waals surface area (Å²) in [5.74, 6) is 0.0465. The first-order valence-electron chi connectivity index (χ1n) is 3.52. The van der Waals surface area contributed by atoms with E-state index in [0.717, 1.165) is 0 Å². The second-order valence-electron chi connectivity index (χ2n) is 2.90. The predicted octanol–water partition coefficient (Wildman–Crippen LogP) is -0.0588. The molecule has 62 valence electrons. The highest BCUT2D eigenvalue weighted by Gasteiger charge is 2.34. The first-order chi connectivity index (χ1) is 5.04. The van der Waals surface area contributed by atoms with E-state index < -0.39 is 0 Å². The molecule has 0 aromatic heterocycles. The molecule has 0 aromatic carbocycles. The highest BCUT2D eigenvalue weighted by molar-refractivity contribution is 5.90. The van der Waals surface area contributed by atoms with Crippen LogP contribution in [0.25, 0.3) is 0 Å². The molecule has 11 heavy (non-hydrogen) atoms. The third-order valence-corrected chi connectivity index (χ3v) is 2.01. The Hall–Kier alpha value is -1.06. The van der Waals surface area contributed by atoms with Crippen LogP contribution in [0.15, 0.2) is 0 Å². The van der Waals surface area contributed by atoms with Gasteiger partial charge in [-0.2, -0.15) is 0 Å². The Morgan fingerprint density at radius 2 is 2.09 bits per heavy atom. The Kier molecular flexibility index (Phi) is 1.85. The van der Waals surface area contributed by atoms with Crippen LogP contribution < -0.4 is 0 Å². The number of hydrogen-bond acceptors (Lipinski definition) is 2. The summed E-state index contributed by atoms with van der Waals surface area (Å²) in [4.78, 5) is 25.1. The summed E-state index contributed by atoms with van der Waals surface area (Å²) in [7, 11) is 3.35. The van der Waals surface area contributed by atoms with Gasteiger partial charge in [-0.25, -0.2) is 4.79 Å². The lowest BCUT2D eigenvalue weighted by Crippen LogP contribution is -2.34. The van der Waals surface area contributed by atoms with Crippen LogP contribution in [-0.2, 0) is 4.79 Å². The van der Waals surface area contributed by atoms with E-state index in [-0.39, 0.29) is 17.9 Å². The van der Waals surface area contributed by atoms with Crippen molar-refractivity contribution in [3.63, 3.8) is 0 Å². The summed E-state index contributed by atoms with van der Waals surface area (Å²) in [6, 6.07) is -0.322. The number of likely N-dealkylation sites (N-methyl/N-ethyl adjacent to an activating group) is 2. The van der Waals surface area contributed by atoms with Crippen LogP contribution >= 0.6 is 0 Å². The third-order valence-electron chi connectivity index (χ3n) is 2.01. The molecule has 4 heteroatoms. The highest BCUT2D eigenvalue weighted by Crippen LogP contribution is 2.11. The van der Waals surface area contributed by atoms with Gasteiger partial charge in [0.05, 0.1) is 0 Å². The smallest absolute Gasteiger partial charge is 0.320 e. The maximum atomic E-state index is 11.1. The number of urea groups is 1. The van der Waals surface area contributed by atoms with Crippen LogP contribution in [0, 0.1) is 0 Å². The number of hydrogen-bond donors (Lipinski definition) is 0. The minimum absolute atomic E-state index is 0.0465. The number of amides is 2. The molecular formula is C7H12N2O2. The summed E-state index contributed by atoms with van der Waals surface area (Å²) in [5.41, 5.74) is 0. The topological polar surface area (TPSA) is 40.6 Å². The van der Waals surface area contributed by atoms with E-state index >= 15 is 0 Å². The Bertz CT molecular complexity index is 203. The monoisotopic (exact) mass is 156 g/mol. The lowest BCUT2D eigenvalue weighted by Gasteiger charge is -2.13. The average molecular weight is 156 g/mol. The maximum absolute atomic E-state index is 11.1. The molecule has 0 saturated carbocycles. The van der Waals surface area contributed by atoms with Crippen LogP contribution in [0.5, 0.6) is 0 Å². The van der Waals surface area contributed by atoms with E-state index in [1.807, 2.05) is 0 Å². The van der Waals surface area contributed by atoms with Crippen molar-refractivity contribution in [2.45, 2.75) is 13.0 Å². The van der Waals surface area contributed by atoms with Crippen molar-refractivity contribution < 1.29 is 9.59 Å². The Labute approximate surface area is 65.8 Å². The van der Waals surface area contributed by atoms with Gasteiger partial charge in [0.15, 0.2) is 5.78 Å². The quantitative estimate of drug-likeness (QED) is 0.533. The van der Waals surface area contributed by atoms with Gasteiger partial charge in [-0.15, -0.1) is 0 Å².